The molecule has 140 valence electrons. The third-order valence-corrected chi connectivity index (χ3v) is 7.29. The van der Waals surface area contributed by atoms with E-state index in [0.29, 0.717) is 0 Å². The van der Waals surface area contributed by atoms with E-state index in [9.17, 15) is 4.39 Å². The molecule has 1 atom stereocenters. The molecule has 1 aliphatic heterocycles. The number of halogens is 1. The van der Waals surface area contributed by atoms with Crippen LogP contribution in [-0.4, -0.2) is 17.1 Å². The summed E-state index contributed by atoms with van der Waals surface area (Å²) in [5.41, 5.74) is 2.05. The van der Waals surface area contributed by atoms with Crippen LogP contribution in [0.25, 0.3) is 0 Å². The summed E-state index contributed by atoms with van der Waals surface area (Å²) in [4.78, 5) is 0. The standard InChI is InChI=1S/C22H33FOS/c1-3-5-16-7-11-20(12-8-16)25-15-19-10-9-18-13-17(6-4-2)21(23)14-22(18)24-19/h13-14,16,19-20H,3-12,15H2,1-2H3. The predicted molar refractivity (Wildman–Crippen MR) is 106 cm³/mol. The lowest BCUT2D eigenvalue weighted by Crippen LogP contribution is -2.27. The van der Waals surface area contributed by atoms with E-state index in [0.717, 1.165) is 53.9 Å². The van der Waals surface area contributed by atoms with Crippen LogP contribution in [-0.2, 0) is 12.8 Å². The molecule has 3 heteroatoms. The van der Waals surface area contributed by atoms with E-state index >= 15 is 0 Å². The molecule has 0 amide bonds. The molecule has 0 spiro atoms. The van der Waals surface area contributed by atoms with Crippen LogP contribution in [0.4, 0.5) is 4.39 Å². The van der Waals surface area contributed by atoms with Gasteiger partial charge in [-0.2, -0.15) is 11.8 Å². The second kappa shape index (κ2) is 9.30. The summed E-state index contributed by atoms with van der Waals surface area (Å²) in [5, 5.41) is 0.807. The normalized spacial score (nSPS) is 26.1. The highest BCUT2D eigenvalue weighted by Crippen LogP contribution is 2.36. The van der Waals surface area contributed by atoms with E-state index in [2.05, 4.69) is 25.6 Å². The summed E-state index contributed by atoms with van der Waals surface area (Å²) in [6, 6.07) is 3.67. The van der Waals surface area contributed by atoms with Crippen molar-refractivity contribution >= 4 is 11.8 Å². The molecular weight excluding hydrogens is 331 g/mol. The average Bonchev–Trinajstić information content (AvgIpc) is 2.62. The minimum absolute atomic E-state index is 0.0943. The molecule has 1 fully saturated rings. The Bertz CT molecular complexity index is 551. The monoisotopic (exact) mass is 364 g/mol. The van der Waals surface area contributed by atoms with Gasteiger partial charge < -0.3 is 4.74 Å². The molecule has 3 rings (SSSR count). The van der Waals surface area contributed by atoms with Crippen LogP contribution < -0.4 is 4.74 Å². The van der Waals surface area contributed by atoms with Gasteiger partial charge in [-0.05, 0) is 68.1 Å². The van der Waals surface area contributed by atoms with Crippen LogP contribution in [0, 0.1) is 11.7 Å². The first-order valence-corrected chi connectivity index (χ1v) is 11.3. The van der Waals surface area contributed by atoms with Gasteiger partial charge in [-0.25, -0.2) is 4.39 Å². The SMILES string of the molecule is CCCc1cc2c(cc1F)OC(CSC1CCC(CCC)CC1)CC2. The quantitative estimate of drug-likeness (QED) is 0.541. The largest absolute Gasteiger partial charge is 0.489 e. The van der Waals surface area contributed by atoms with Crippen molar-refractivity contribution in [2.75, 3.05) is 5.75 Å². The molecule has 1 aromatic rings. The lowest BCUT2D eigenvalue weighted by molar-refractivity contribution is 0.195. The highest BCUT2D eigenvalue weighted by molar-refractivity contribution is 7.99. The van der Waals surface area contributed by atoms with Crippen molar-refractivity contribution in [3.05, 3.63) is 29.1 Å². The van der Waals surface area contributed by atoms with Gasteiger partial charge in [-0.1, -0.05) is 33.1 Å². The fourth-order valence-corrected chi connectivity index (χ4v) is 5.66. The number of fused-ring (bicyclic) bond motifs is 1. The minimum atomic E-state index is -0.0943. The van der Waals surface area contributed by atoms with Gasteiger partial charge in [0.2, 0.25) is 0 Å². The molecule has 1 nitrogen and oxygen atoms in total. The first-order chi connectivity index (χ1) is 12.2. The molecule has 0 aromatic heterocycles. The van der Waals surface area contributed by atoms with Gasteiger partial charge in [-0.15, -0.1) is 0 Å². The van der Waals surface area contributed by atoms with Crippen molar-refractivity contribution in [1.29, 1.82) is 0 Å². The maximum Gasteiger partial charge on any atom is 0.130 e. The average molecular weight is 365 g/mol. The Morgan fingerprint density at radius 2 is 1.88 bits per heavy atom. The van der Waals surface area contributed by atoms with Crippen molar-refractivity contribution in [1.82, 2.24) is 0 Å². The first kappa shape index (κ1) is 19.1. The number of aryl methyl sites for hydroxylation is 2. The van der Waals surface area contributed by atoms with Gasteiger partial charge in [0.15, 0.2) is 0 Å². The van der Waals surface area contributed by atoms with E-state index in [-0.39, 0.29) is 11.9 Å². The molecule has 0 radical (unpaired) electrons. The van der Waals surface area contributed by atoms with Gasteiger partial charge >= 0.3 is 0 Å². The molecule has 1 aromatic carbocycles. The lowest BCUT2D eigenvalue weighted by Gasteiger charge is -2.31. The van der Waals surface area contributed by atoms with Crippen molar-refractivity contribution in [2.45, 2.75) is 89.4 Å². The molecule has 1 saturated carbocycles. The van der Waals surface area contributed by atoms with Gasteiger partial charge in [0.25, 0.3) is 0 Å². The maximum absolute atomic E-state index is 14.2. The molecule has 1 heterocycles. The van der Waals surface area contributed by atoms with E-state index in [1.165, 1.54) is 44.1 Å². The number of ether oxygens (including phenoxy) is 1. The zero-order valence-electron chi connectivity index (χ0n) is 15.9. The maximum atomic E-state index is 14.2. The number of thioether (sulfide) groups is 1. The Hall–Kier alpha value is -0.700. The van der Waals surface area contributed by atoms with Crippen molar-refractivity contribution in [3.63, 3.8) is 0 Å². The third-order valence-electron chi connectivity index (χ3n) is 5.79. The summed E-state index contributed by atoms with van der Waals surface area (Å²) in [6.07, 6.45) is 12.4. The van der Waals surface area contributed by atoms with Gasteiger partial charge in [-0.3, -0.25) is 0 Å². The molecule has 25 heavy (non-hydrogen) atoms. The van der Waals surface area contributed by atoms with Crippen molar-refractivity contribution in [3.8, 4) is 5.75 Å². The number of benzene rings is 1. The Kier molecular flexibility index (Phi) is 7.09. The number of rotatable bonds is 7. The topological polar surface area (TPSA) is 9.23 Å². The highest BCUT2D eigenvalue weighted by atomic mass is 32.2. The van der Waals surface area contributed by atoms with Crippen LogP contribution in [0.1, 0.15) is 76.3 Å². The molecule has 0 N–H and O–H groups in total. The van der Waals surface area contributed by atoms with Gasteiger partial charge in [0, 0.05) is 17.1 Å². The van der Waals surface area contributed by atoms with Crippen molar-refractivity contribution < 1.29 is 9.13 Å². The lowest BCUT2D eigenvalue weighted by atomic mass is 9.86. The summed E-state index contributed by atoms with van der Waals surface area (Å²) in [7, 11) is 0. The van der Waals surface area contributed by atoms with Crippen LogP contribution in [0.3, 0.4) is 0 Å². The molecule has 0 bridgehead atoms. The second-order valence-electron chi connectivity index (χ2n) is 7.84. The summed E-state index contributed by atoms with van der Waals surface area (Å²) in [6.45, 7) is 4.39. The number of hydrogen-bond acceptors (Lipinski definition) is 2. The van der Waals surface area contributed by atoms with E-state index in [1.54, 1.807) is 6.07 Å². The Morgan fingerprint density at radius 3 is 2.60 bits per heavy atom. The number of hydrogen-bond donors (Lipinski definition) is 0. The third kappa shape index (κ3) is 5.15. The van der Waals surface area contributed by atoms with Crippen LogP contribution in [0.15, 0.2) is 12.1 Å². The zero-order valence-corrected chi connectivity index (χ0v) is 16.7. The molecule has 1 unspecified atom stereocenters. The van der Waals surface area contributed by atoms with Crippen LogP contribution in [0.5, 0.6) is 5.75 Å². The predicted octanol–water partition coefficient (Wildman–Crippen LogP) is 6.56. The highest BCUT2D eigenvalue weighted by Gasteiger charge is 2.25. The first-order valence-electron chi connectivity index (χ1n) is 10.3. The summed E-state index contributed by atoms with van der Waals surface area (Å²) >= 11 is 2.10. The Balaban J connectivity index is 1.48. The van der Waals surface area contributed by atoms with Crippen molar-refractivity contribution in [2.24, 2.45) is 5.92 Å². The summed E-state index contributed by atoms with van der Waals surface area (Å²) in [5.74, 6) is 2.73. The molecule has 2 aliphatic rings. The fraction of sp³-hybridized carbons (Fsp3) is 0.727. The Labute approximate surface area is 157 Å². The van der Waals surface area contributed by atoms with E-state index in [1.807, 2.05) is 6.07 Å². The van der Waals surface area contributed by atoms with E-state index in [4.69, 9.17) is 4.74 Å². The fourth-order valence-electron chi connectivity index (χ4n) is 4.33. The van der Waals surface area contributed by atoms with E-state index < -0.39 is 0 Å². The second-order valence-corrected chi connectivity index (χ2v) is 9.18. The zero-order chi connectivity index (χ0) is 17.6. The van der Waals surface area contributed by atoms with Gasteiger partial charge in [0.05, 0.1) is 0 Å². The Morgan fingerprint density at radius 1 is 1.08 bits per heavy atom. The molecule has 1 aliphatic carbocycles. The smallest absolute Gasteiger partial charge is 0.130 e. The summed E-state index contributed by atoms with van der Waals surface area (Å²) < 4.78 is 20.3. The van der Waals surface area contributed by atoms with Crippen LogP contribution in [0.2, 0.25) is 0 Å². The molecular formula is C22H33FOS. The van der Waals surface area contributed by atoms with Gasteiger partial charge in [0.1, 0.15) is 17.7 Å². The minimum Gasteiger partial charge on any atom is -0.489 e. The van der Waals surface area contributed by atoms with Crippen LogP contribution >= 0.6 is 11.8 Å². The molecule has 0 saturated heterocycles.